The summed E-state index contributed by atoms with van der Waals surface area (Å²) in [5.74, 6) is 6.31. The highest BCUT2D eigenvalue weighted by Gasteiger charge is 2.15. The Balaban J connectivity index is 2.15. The molecule has 1 aliphatic rings. The van der Waals surface area contributed by atoms with Crippen molar-refractivity contribution in [2.24, 2.45) is 10.8 Å². The molecule has 82 valence electrons. The van der Waals surface area contributed by atoms with Gasteiger partial charge in [0.1, 0.15) is 5.84 Å². The maximum Gasteiger partial charge on any atom is 0.143 e. The molecule has 1 fully saturated rings. The number of amidine groups is 1. The second-order valence-electron chi connectivity index (χ2n) is 3.70. The Kier molecular flexibility index (Phi) is 3.77. The molecule has 0 aromatic carbocycles. The summed E-state index contributed by atoms with van der Waals surface area (Å²) in [5, 5.41) is 2.05. The van der Waals surface area contributed by atoms with Crippen molar-refractivity contribution < 1.29 is 0 Å². The molecule has 0 unspecified atom stereocenters. The maximum atomic E-state index is 5.50. The second-order valence-corrected chi connectivity index (χ2v) is 5.99. The lowest BCUT2D eigenvalue weighted by Crippen LogP contribution is -2.31. The molecule has 1 aromatic heterocycles. The number of aliphatic imine (C=N–C) groups is 1. The van der Waals surface area contributed by atoms with Gasteiger partial charge in [-0.3, -0.25) is 4.99 Å². The Morgan fingerprint density at radius 2 is 2.27 bits per heavy atom. The molecule has 15 heavy (non-hydrogen) atoms. The van der Waals surface area contributed by atoms with E-state index in [-0.39, 0.29) is 0 Å². The van der Waals surface area contributed by atoms with Crippen LogP contribution in [0, 0.1) is 0 Å². The molecule has 0 saturated heterocycles. The average molecular weight is 288 g/mol. The van der Waals surface area contributed by atoms with Gasteiger partial charge in [0, 0.05) is 10.9 Å². The lowest BCUT2D eigenvalue weighted by atomic mass is 10.2. The molecule has 1 aromatic rings. The minimum absolute atomic E-state index is 0.453. The first-order valence-corrected chi connectivity index (χ1v) is 6.75. The lowest BCUT2D eigenvalue weighted by molar-refractivity contribution is 0.701. The van der Waals surface area contributed by atoms with Crippen LogP contribution >= 0.6 is 27.3 Å². The molecule has 0 atom stereocenters. The van der Waals surface area contributed by atoms with Gasteiger partial charge in [0.2, 0.25) is 0 Å². The largest absolute Gasteiger partial charge is 0.308 e. The van der Waals surface area contributed by atoms with Gasteiger partial charge in [-0.15, -0.1) is 11.3 Å². The maximum absolute atomic E-state index is 5.50. The van der Waals surface area contributed by atoms with Crippen LogP contribution in [-0.2, 0) is 0 Å². The summed E-state index contributed by atoms with van der Waals surface area (Å²) in [6.07, 6.45) is 4.96. The molecule has 5 heteroatoms. The zero-order valence-electron chi connectivity index (χ0n) is 8.37. The molecular weight excluding hydrogens is 274 g/mol. The third kappa shape index (κ3) is 2.80. The number of nitrogens with zero attached hydrogens (tertiary/aromatic N) is 1. The van der Waals surface area contributed by atoms with Gasteiger partial charge in [0.15, 0.2) is 0 Å². The van der Waals surface area contributed by atoms with E-state index >= 15 is 0 Å². The molecule has 3 N–H and O–H groups in total. The Labute approximate surface area is 102 Å². The van der Waals surface area contributed by atoms with Crippen LogP contribution in [0.3, 0.4) is 0 Å². The van der Waals surface area contributed by atoms with E-state index in [1.165, 1.54) is 25.7 Å². The molecule has 3 nitrogen and oxygen atoms in total. The predicted octanol–water partition coefficient (Wildman–Crippen LogP) is 2.66. The SMILES string of the molecule is NNC(=NC1CCCC1)c1csc(Br)c1. The molecule has 1 saturated carbocycles. The van der Waals surface area contributed by atoms with E-state index in [4.69, 9.17) is 5.84 Å². The molecule has 0 amide bonds. The van der Waals surface area contributed by atoms with E-state index in [2.05, 4.69) is 31.7 Å². The van der Waals surface area contributed by atoms with Crippen LogP contribution in [-0.4, -0.2) is 11.9 Å². The number of halogens is 1. The zero-order chi connectivity index (χ0) is 10.7. The fourth-order valence-corrected chi connectivity index (χ4v) is 2.99. The van der Waals surface area contributed by atoms with Gasteiger partial charge in [0.25, 0.3) is 0 Å². The lowest BCUT2D eigenvalue weighted by Gasteiger charge is -2.07. The van der Waals surface area contributed by atoms with Crippen LogP contribution in [0.15, 0.2) is 20.2 Å². The van der Waals surface area contributed by atoms with Gasteiger partial charge < -0.3 is 5.43 Å². The third-order valence-electron chi connectivity index (χ3n) is 2.61. The summed E-state index contributed by atoms with van der Waals surface area (Å²) < 4.78 is 1.10. The van der Waals surface area contributed by atoms with Crippen molar-refractivity contribution in [1.82, 2.24) is 5.43 Å². The minimum Gasteiger partial charge on any atom is -0.308 e. The van der Waals surface area contributed by atoms with E-state index in [1.54, 1.807) is 11.3 Å². The quantitative estimate of drug-likeness (QED) is 0.380. The molecule has 1 heterocycles. The number of rotatable bonds is 2. The van der Waals surface area contributed by atoms with Crippen molar-refractivity contribution in [2.45, 2.75) is 31.7 Å². The Bertz CT molecular complexity index is 355. The highest BCUT2D eigenvalue weighted by atomic mass is 79.9. The minimum atomic E-state index is 0.453. The summed E-state index contributed by atoms with van der Waals surface area (Å²) in [4.78, 5) is 4.64. The smallest absolute Gasteiger partial charge is 0.143 e. The van der Waals surface area contributed by atoms with E-state index < -0.39 is 0 Å². The summed E-state index contributed by atoms with van der Waals surface area (Å²) in [6.45, 7) is 0. The van der Waals surface area contributed by atoms with E-state index in [0.717, 1.165) is 15.2 Å². The summed E-state index contributed by atoms with van der Waals surface area (Å²) in [6, 6.07) is 2.49. The number of thiophene rings is 1. The third-order valence-corrected chi connectivity index (χ3v) is 4.12. The number of hydrazine groups is 1. The number of hydrogen-bond acceptors (Lipinski definition) is 3. The summed E-state index contributed by atoms with van der Waals surface area (Å²) >= 11 is 5.08. The van der Waals surface area contributed by atoms with Crippen molar-refractivity contribution in [3.8, 4) is 0 Å². The molecule has 0 radical (unpaired) electrons. The van der Waals surface area contributed by atoms with Crippen molar-refractivity contribution in [2.75, 3.05) is 0 Å². The van der Waals surface area contributed by atoms with E-state index in [1.807, 2.05) is 6.07 Å². The molecule has 0 aliphatic heterocycles. The average Bonchev–Trinajstić information content (AvgIpc) is 2.85. The normalized spacial score (nSPS) is 18.4. The Morgan fingerprint density at radius 1 is 1.53 bits per heavy atom. The van der Waals surface area contributed by atoms with Crippen molar-refractivity contribution in [3.05, 3.63) is 20.8 Å². The molecule has 2 rings (SSSR count). The van der Waals surface area contributed by atoms with Crippen LogP contribution in [0.1, 0.15) is 31.2 Å². The standard InChI is InChI=1S/C10H14BrN3S/c11-9-5-7(6-15-9)10(14-12)13-8-3-1-2-4-8/h5-6,8H,1-4,12H2,(H,13,14). The van der Waals surface area contributed by atoms with Gasteiger partial charge in [-0.1, -0.05) is 12.8 Å². The van der Waals surface area contributed by atoms with Crippen LogP contribution in [0.5, 0.6) is 0 Å². The Hall–Kier alpha value is -0.390. The predicted molar refractivity (Wildman–Crippen MR) is 68.1 cm³/mol. The van der Waals surface area contributed by atoms with Gasteiger partial charge in [0.05, 0.1) is 9.83 Å². The number of hydrogen-bond donors (Lipinski definition) is 2. The first kappa shape index (κ1) is 11.1. The van der Waals surface area contributed by atoms with Crippen LogP contribution in [0.2, 0.25) is 0 Å². The van der Waals surface area contributed by atoms with Gasteiger partial charge >= 0.3 is 0 Å². The Morgan fingerprint density at radius 3 is 2.80 bits per heavy atom. The monoisotopic (exact) mass is 287 g/mol. The topological polar surface area (TPSA) is 50.4 Å². The zero-order valence-corrected chi connectivity index (χ0v) is 10.8. The molecule has 1 aliphatic carbocycles. The highest BCUT2D eigenvalue weighted by Crippen LogP contribution is 2.24. The number of nitrogens with one attached hydrogen (secondary N) is 1. The molecular formula is C10H14BrN3S. The summed E-state index contributed by atoms with van der Waals surface area (Å²) in [5.41, 5.74) is 3.77. The van der Waals surface area contributed by atoms with Crippen LogP contribution in [0.4, 0.5) is 0 Å². The first-order chi connectivity index (χ1) is 7.29. The van der Waals surface area contributed by atoms with Gasteiger partial charge in [-0.2, -0.15) is 0 Å². The number of nitrogens with two attached hydrogens (primary N) is 1. The molecule has 0 spiro atoms. The van der Waals surface area contributed by atoms with E-state index in [9.17, 15) is 0 Å². The fourth-order valence-electron chi connectivity index (χ4n) is 1.85. The van der Waals surface area contributed by atoms with Crippen molar-refractivity contribution in [3.63, 3.8) is 0 Å². The highest BCUT2D eigenvalue weighted by molar-refractivity contribution is 9.11. The van der Waals surface area contributed by atoms with Crippen molar-refractivity contribution in [1.29, 1.82) is 0 Å². The fraction of sp³-hybridized carbons (Fsp3) is 0.500. The van der Waals surface area contributed by atoms with Crippen molar-refractivity contribution >= 4 is 33.1 Å². The molecule has 0 bridgehead atoms. The van der Waals surface area contributed by atoms with Gasteiger partial charge in [-0.25, -0.2) is 5.84 Å². The van der Waals surface area contributed by atoms with E-state index in [0.29, 0.717) is 6.04 Å². The first-order valence-electron chi connectivity index (χ1n) is 5.08. The van der Waals surface area contributed by atoms with Gasteiger partial charge in [-0.05, 0) is 34.8 Å². The van der Waals surface area contributed by atoms with Crippen LogP contribution in [0.25, 0.3) is 0 Å². The summed E-state index contributed by atoms with van der Waals surface area (Å²) in [7, 11) is 0. The van der Waals surface area contributed by atoms with Crippen LogP contribution < -0.4 is 11.3 Å². The second kappa shape index (κ2) is 5.09.